The Morgan fingerprint density at radius 2 is 2.22 bits per heavy atom. The molecule has 1 unspecified atom stereocenters. The van der Waals surface area contributed by atoms with Crippen molar-refractivity contribution in [3.05, 3.63) is 28.2 Å². The summed E-state index contributed by atoms with van der Waals surface area (Å²) in [5.41, 5.74) is 0.762. The zero-order chi connectivity index (χ0) is 13.1. The monoisotopic (exact) mass is 312 g/mol. The summed E-state index contributed by atoms with van der Waals surface area (Å²) < 4.78 is 0.451. The Kier molecular flexibility index (Phi) is 3.98. The average Bonchev–Trinajstić information content (AvgIpc) is 2.81. The Morgan fingerprint density at radius 1 is 1.44 bits per heavy atom. The van der Waals surface area contributed by atoms with Gasteiger partial charge in [-0.25, -0.2) is 4.79 Å². The Labute approximate surface area is 113 Å². The lowest BCUT2D eigenvalue weighted by Gasteiger charge is -2.11. The Balaban J connectivity index is 2.07. The van der Waals surface area contributed by atoms with Gasteiger partial charge in [0, 0.05) is 10.2 Å². The molecule has 0 bridgehead atoms. The fourth-order valence-electron chi connectivity index (χ4n) is 1.90. The van der Waals surface area contributed by atoms with Crippen LogP contribution in [0.3, 0.4) is 0 Å². The highest BCUT2D eigenvalue weighted by Crippen LogP contribution is 2.22. The SMILES string of the molecule is O=C(O)c1ccc(NC(=O)C2CCCN2)cc1Br. The normalized spacial score (nSPS) is 18.6. The molecule has 1 aliphatic rings. The number of rotatable bonds is 3. The van der Waals surface area contributed by atoms with Crippen molar-refractivity contribution < 1.29 is 14.7 Å². The summed E-state index contributed by atoms with van der Waals surface area (Å²) in [6.45, 7) is 0.861. The maximum Gasteiger partial charge on any atom is 0.336 e. The van der Waals surface area contributed by atoms with Crippen molar-refractivity contribution in [3.8, 4) is 0 Å². The summed E-state index contributed by atoms with van der Waals surface area (Å²) in [6, 6.07) is 4.49. The third kappa shape index (κ3) is 2.88. The summed E-state index contributed by atoms with van der Waals surface area (Å²) in [5, 5.41) is 14.8. The number of amides is 1. The molecule has 6 heteroatoms. The fourth-order valence-corrected chi connectivity index (χ4v) is 2.45. The second-order valence-electron chi connectivity index (χ2n) is 4.14. The number of halogens is 1. The summed E-state index contributed by atoms with van der Waals surface area (Å²) >= 11 is 3.17. The van der Waals surface area contributed by atoms with Gasteiger partial charge in [-0.3, -0.25) is 4.79 Å². The molecule has 1 aliphatic heterocycles. The highest BCUT2D eigenvalue weighted by Gasteiger charge is 2.22. The molecule has 1 aromatic carbocycles. The Morgan fingerprint density at radius 3 is 2.78 bits per heavy atom. The lowest BCUT2D eigenvalue weighted by molar-refractivity contribution is -0.117. The Bertz CT molecular complexity index is 484. The van der Waals surface area contributed by atoms with Gasteiger partial charge in [0.2, 0.25) is 5.91 Å². The molecule has 0 aliphatic carbocycles. The molecule has 0 spiro atoms. The number of carboxylic acids is 1. The number of hydrogen-bond acceptors (Lipinski definition) is 3. The molecule has 0 radical (unpaired) electrons. The van der Waals surface area contributed by atoms with Crippen LogP contribution in [0, 0.1) is 0 Å². The number of anilines is 1. The third-order valence-corrected chi connectivity index (χ3v) is 3.50. The molecular formula is C12H13BrN2O3. The van der Waals surface area contributed by atoms with Crippen LogP contribution in [0.25, 0.3) is 0 Å². The number of carbonyl (C=O) groups excluding carboxylic acids is 1. The Hall–Kier alpha value is -1.40. The van der Waals surface area contributed by atoms with Gasteiger partial charge in [0.25, 0.3) is 0 Å². The summed E-state index contributed by atoms with van der Waals surface area (Å²) in [5.74, 6) is -1.08. The molecule has 0 aromatic heterocycles. The lowest BCUT2D eigenvalue weighted by atomic mass is 10.2. The van der Waals surface area contributed by atoms with Crippen LogP contribution in [0.2, 0.25) is 0 Å². The van der Waals surface area contributed by atoms with Gasteiger partial charge in [0.05, 0.1) is 11.6 Å². The molecular weight excluding hydrogens is 300 g/mol. The van der Waals surface area contributed by atoms with E-state index in [1.54, 1.807) is 12.1 Å². The molecule has 2 rings (SSSR count). The predicted molar refractivity (Wildman–Crippen MR) is 70.8 cm³/mol. The van der Waals surface area contributed by atoms with Gasteiger partial charge in [-0.1, -0.05) is 0 Å². The molecule has 1 saturated heterocycles. The molecule has 1 heterocycles. The zero-order valence-electron chi connectivity index (χ0n) is 9.57. The third-order valence-electron chi connectivity index (χ3n) is 2.84. The predicted octanol–water partition coefficient (Wildman–Crippen LogP) is 1.84. The van der Waals surface area contributed by atoms with Crippen LogP contribution in [-0.2, 0) is 4.79 Å². The molecule has 96 valence electrons. The highest BCUT2D eigenvalue weighted by molar-refractivity contribution is 9.10. The van der Waals surface area contributed by atoms with E-state index < -0.39 is 5.97 Å². The van der Waals surface area contributed by atoms with E-state index in [2.05, 4.69) is 26.6 Å². The molecule has 1 aromatic rings. The van der Waals surface area contributed by atoms with Crippen molar-refractivity contribution in [3.63, 3.8) is 0 Å². The molecule has 5 nitrogen and oxygen atoms in total. The van der Waals surface area contributed by atoms with Gasteiger partial charge >= 0.3 is 5.97 Å². The van der Waals surface area contributed by atoms with Crippen LogP contribution < -0.4 is 10.6 Å². The van der Waals surface area contributed by atoms with Crippen molar-refractivity contribution in [1.29, 1.82) is 0 Å². The molecule has 3 N–H and O–H groups in total. The van der Waals surface area contributed by atoms with E-state index in [9.17, 15) is 9.59 Å². The van der Waals surface area contributed by atoms with Crippen molar-refractivity contribution in [1.82, 2.24) is 5.32 Å². The number of hydrogen-bond donors (Lipinski definition) is 3. The standard InChI is InChI=1S/C12H13BrN2O3/c13-9-6-7(3-4-8(9)12(17)18)15-11(16)10-2-1-5-14-10/h3-4,6,10,14H,1-2,5H2,(H,15,16)(H,17,18). The highest BCUT2D eigenvalue weighted by atomic mass is 79.9. The first-order valence-corrected chi connectivity index (χ1v) is 6.44. The lowest BCUT2D eigenvalue weighted by Crippen LogP contribution is -2.35. The first-order valence-electron chi connectivity index (χ1n) is 5.65. The van der Waals surface area contributed by atoms with Crippen LogP contribution in [0.5, 0.6) is 0 Å². The summed E-state index contributed by atoms with van der Waals surface area (Å²) in [7, 11) is 0. The zero-order valence-corrected chi connectivity index (χ0v) is 11.2. The van der Waals surface area contributed by atoms with Crippen LogP contribution in [0.15, 0.2) is 22.7 Å². The average molecular weight is 313 g/mol. The van der Waals surface area contributed by atoms with E-state index in [4.69, 9.17) is 5.11 Å². The second kappa shape index (κ2) is 5.49. The quantitative estimate of drug-likeness (QED) is 0.795. The fraction of sp³-hybridized carbons (Fsp3) is 0.333. The smallest absolute Gasteiger partial charge is 0.336 e. The van der Waals surface area contributed by atoms with Crippen molar-refractivity contribution in [2.24, 2.45) is 0 Å². The van der Waals surface area contributed by atoms with Gasteiger partial charge in [0.15, 0.2) is 0 Å². The van der Waals surface area contributed by atoms with E-state index in [0.717, 1.165) is 19.4 Å². The largest absolute Gasteiger partial charge is 0.478 e. The molecule has 18 heavy (non-hydrogen) atoms. The maximum absolute atomic E-state index is 11.8. The van der Waals surface area contributed by atoms with E-state index in [-0.39, 0.29) is 17.5 Å². The second-order valence-corrected chi connectivity index (χ2v) is 4.99. The summed E-state index contributed by atoms with van der Waals surface area (Å²) in [4.78, 5) is 22.7. The van der Waals surface area contributed by atoms with Crippen molar-refractivity contribution in [2.75, 3.05) is 11.9 Å². The van der Waals surface area contributed by atoms with E-state index >= 15 is 0 Å². The number of nitrogens with one attached hydrogen (secondary N) is 2. The van der Waals surface area contributed by atoms with Crippen LogP contribution >= 0.6 is 15.9 Å². The molecule has 0 saturated carbocycles. The molecule has 1 amide bonds. The number of carboxylic acid groups (broad SMARTS) is 1. The molecule has 1 atom stereocenters. The van der Waals surface area contributed by atoms with Crippen molar-refractivity contribution >= 4 is 33.5 Å². The number of aromatic carboxylic acids is 1. The van der Waals surface area contributed by atoms with Gasteiger partial charge < -0.3 is 15.7 Å². The van der Waals surface area contributed by atoms with Crippen LogP contribution in [0.1, 0.15) is 23.2 Å². The van der Waals surface area contributed by atoms with Crippen molar-refractivity contribution in [2.45, 2.75) is 18.9 Å². The van der Waals surface area contributed by atoms with Gasteiger partial charge in [-0.2, -0.15) is 0 Å². The molecule has 1 fully saturated rings. The van der Waals surface area contributed by atoms with Crippen LogP contribution in [0.4, 0.5) is 5.69 Å². The topological polar surface area (TPSA) is 78.4 Å². The minimum atomic E-state index is -1.00. The first-order chi connectivity index (χ1) is 8.58. The minimum Gasteiger partial charge on any atom is -0.478 e. The van der Waals surface area contributed by atoms with E-state index in [1.165, 1.54) is 6.07 Å². The van der Waals surface area contributed by atoms with Gasteiger partial charge in [-0.15, -0.1) is 0 Å². The minimum absolute atomic E-state index is 0.0810. The summed E-state index contributed by atoms with van der Waals surface area (Å²) in [6.07, 6.45) is 1.83. The maximum atomic E-state index is 11.8. The number of benzene rings is 1. The van der Waals surface area contributed by atoms with Gasteiger partial charge in [0.1, 0.15) is 0 Å². The number of carbonyl (C=O) groups is 2. The van der Waals surface area contributed by atoms with Crippen LogP contribution in [-0.4, -0.2) is 29.6 Å². The first kappa shape index (κ1) is 13.0. The van der Waals surface area contributed by atoms with E-state index in [0.29, 0.717) is 10.2 Å². The van der Waals surface area contributed by atoms with Gasteiger partial charge in [-0.05, 0) is 53.5 Å². The van der Waals surface area contributed by atoms with E-state index in [1.807, 2.05) is 0 Å².